The molecule has 0 aromatic heterocycles. The van der Waals surface area contributed by atoms with Crippen LogP contribution in [0.15, 0.2) is 22.7 Å². The number of piperidine rings is 1. The number of rotatable bonds is 3. The van der Waals surface area contributed by atoms with Gasteiger partial charge in [-0.25, -0.2) is 0 Å². The molecule has 1 aliphatic heterocycles. The first-order valence-electron chi connectivity index (χ1n) is 6.38. The van der Waals surface area contributed by atoms with Crippen molar-refractivity contribution >= 4 is 27.5 Å². The first-order valence-corrected chi connectivity index (χ1v) is 7.55. The molecule has 2 atom stereocenters. The predicted molar refractivity (Wildman–Crippen MR) is 77.8 cm³/mol. The molecule has 0 aliphatic carbocycles. The molecule has 2 rings (SSSR count). The van der Waals surface area contributed by atoms with E-state index >= 15 is 0 Å². The first kappa shape index (κ1) is 13.4. The van der Waals surface area contributed by atoms with E-state index in [4.69, 9.17) is 11.6 Å². The topological polar surface area (TPSA) is 12.0 Å². The van der Waals surface area contributed by atoms with Gasteiger partial charge in [0.05, 0.1) is 5.02 Å². The van der Waals surface area contributed by atoms with Crippen LogP contribution in [0.1, 0.15) is 37.7 Å². The van der Waals surface area contributed by atoms with Gasteiger partial charge >= 0.3 is 0 Å². The Balaban J connectivity index is 2.20. The van der Waals surface area contributed by atoms with Crippen molar-refractivity contribution in [2.24, 2.45) is 5.92 Å². The van der Waals surface area contributed by atoms with Crippen molar-refractivity contribution in [3.63, 3.8) is 0 Å². The summed E-state index contributed by atoms with van der Waals surface area (Å²) in [6.45, 7) is 4.53. The highest BCUT2D eigenvalue weighted by Gasteiger charge is 2.25. The summed E-state index contributed by atoms with van der Waals surface area (Å²) in [6.07, 6.45) is 3.78. The van der Waals surface area contributed by atoms with E-state index in [1.807, 2.05) is 0 Å². The van der Waals surface area contributed by atoms with Crippen LogP contribution in [0.4, 0.5) is 0 Å². The molecule has 1 aromatic carbocycles. The summed E-state index contributed by atoms with van der Waals surface area (Å²) in [6, 6.07) is 6.42. The highest BCUT2D eigenvalue weighted by Crippen LogP contribution is 2.35. The summed E-state index contributed by atoms with van der Waals surface area (Å²) in [5.41, 5.74) is 1.40. The molecule has 1 aliphatic rings. The lowest BCUT2D eigenvalue weighted by molar-refractivity contribution is 0.307. The van der Waals surface area contributed by atoms with Gasteiger partial charge in [0.2, 0.25) is 0 Å². The smallest absolute Gasteiger partial charge is 0.0550 e. The number of hydrogen-bond donors (Lipinski definition) is 1. The average Bonchev–Trinajstić information content (AvgIpc) is 2.34. The Labute approximate surface area is 117 Å². The molecular weight excluding hydrogens is 298 g/mol. The predicted octanol–water partition coefficient (Wildman–Crippen LogP) is 4.60. The zero-order chi connectivity index (χ0) is 12.3. The average molecular weight is 317 g/mol. The van der Waals surface area contributed by atoms with E-state index in [0.29, 0.717) is 5.92 Å². The van der Waals surface area contributed by atoms with E-state index in [1.165, 1.54) is 24.8 Å². The van der Waals surface area contributed by atoms with Gasteiger partial charge in [-0.3, -0.25) is 0 Å². The molecule has 1 saturated heterocycles. The van der Waals surface area contributed by atoms with Gasteiger partial charge in [-0.1, -0.05) is 31.0 Å². The molecule has 1 N–H and O–H groups in total. The molecular formula is C14H19BrClN. The Hall–Kier alpha value is -0.0500. The van der Waals surface area contributed by atoms with Crippen molar-refractivity contribution < 1.29 is 0 Å². The standard InChI is InChI=1S/C14H19BrClN/c1-2-3-11-9-17-7-6-12(11)10-4-5-13(15)14(16)8-10/h4-5,8,11-12,17H,2-3,6-7,9H2,1H3. The summed E-state index contributed by atoms with van der Waals surface area (Å²) < 4.78 is 0.990. The third kappa shape index (κ3) is 3.24. The molecule has 0 radical (unpaired) electrons. The maximum atomic E-state index is 6.20. The molecule has 0 spiro atoms. The highest BCUT2D eigenvalue weighted by atomic mass is 79.9. The van der Waals surface area contributed by atoms with E-state index in [9.17, 15) is 0 Å². The van der Waals surface area contributed by atoms with E-state index < -0.39 is 0 Å². The molecule has 0 amide bonds. The van der Waals surface area contributed by atoms with Crippen LogP contribution in [-0.2, 0) is 0 Å². The summed E-state index contributed by atoms with van der Waals surface area (Å²) >= 11 is 9.65. The molecule has 0 saturated carbocycles. The summed E-state index contributed by atoms with van der Waals surface area (Å²) in [5, 5.41) is 4.33. The monoisotopic (exact) mass is 315 g/mol. The summed E-state index contributed by atoms with van der Waals surface area (Å²) in [7, 11) is 0. The van der Waals surface area contributed by atoms with Gasteiger partial charge in [-0.05, 0) is 71.4 Å². The van der Waals surface area contributed by atoms with Crippen molar-refractivity contribution in [2.45, 2.75) is 32.1 Å². The van der Waals surface area contributed by atoms with Crippen LogP contribution in [0.2, 0.25) is 5.02 Å². The fraction of sp³-hybridized carbons (Fsp3) is 0.571. The summed E-state index contributed by atoms with van der Waals surface area (Å²) in [4.78, 5) is 0. The summed E-state index contributed by atoms with van der Waals surface area (Å²) in [5.74, 6) is 1.42. The maximum absolute atomic E-state index is 6.20. The van der Waals surface area contributed by atoms with Crippen LogP contribution in [0.3, 0.4) is 0 Å². The minimum atomic E-state index is 0.668. The third-order valence-electron chi connectivity index (χ3n) is 3.64. The van der Waals surface area contributed by atoms with Crippen molar-refractivity contribution in [2.75, 3.05) is 13.1 Å². The second kappa shape index (κ2) is 6.21. The molecule has 1 aromatic rings. The van der Waals surface area contributed by atoms with Gasteiger partial charge in [0.15, 0.2) is 0 Å². The minimum absolute atomic E-state index is 0.668. The van der Waals surface area contributed by atoms with Crippen LogP contribution in [-0.4, -0.2) is 13.1 Å². The maximum Gasteiger partial charge on any atom is 0.0550 e. The van der Waals surface area contributed by atoms with Crippen LogP contribution in [0.5, 0.6) is 0 Å². The highest BCUT2D eigenvalue weighted by molar-refractivity contribution is 9.10. The molecule has 0 bridgehead atoms. The van der Waals surface area contributed by atoms with Crippen LogP contribution in [0, 0.1) is 5.92 Å². The van der Waals surface area contributed by atoms with Crippen molar-refractivity contribution in [1.82, 2.24) is 5.32 Å². The van der Waals surface area contributed by atoms with Gasteiger partial charge in [-0.15, -0.1) is 0 Å². The van der Waals surface area contributed by atoms with Crippen LogP contribution >= 0.6 is 27.5 Å². The van der Waals surface area contributed by atoms with Gasteiger partial charge in [0.1, 0.15) is 0 Å². The fourth-order valence-corrected chi connectivity index (χ4v) is 3.21. The first-order chi connectivity index (χ1) is 8.22. The lowest BCUT2D eigenvalue weighted by Gasteiger charge is -2.32. The zero-order valence-corrected chi connectivity index (χ0v) is 12.5. The normalized spacial score (nSPS) is 24.9. The third-order valence-corrected chi connectivity index (χ3v) is 4.87. The van der Waals surface area contributed by atoms with Gasteiger partial charge in [0, 0.05) is 4.47 Å². The van der Waals surface area contributed by atoms with Gasteiger partial charge < -0.3 is 5.32 Å². The van der Waals surface area contributed by atoms with E-state index in [-0.39, 0.29) is 0 Å². The zero-order valence-electron chi connectivity index (χ0n) is 10.2. The Kier molecular flexibility index (Phi) is 4.89. The quantitative estimate of drug-likeness (QED) is 0.859. The number of benzene rings is 1. The van der Waals surface area contributed by atoms with E-state index in [2.05, 4.69) is 46.4 Å². The second-order valence-electron chi connectivity index (χ2n) is 4.82. The molecule has 2 unspecified atom stereocenters. The Morgan fingerprint density at radius 2 is 2.29 bits per heavy atom. The number of hydrogen-bond acceptors (Lipinski definition) is 1. The Morgan fingerprint density at radius 3 is 3.00 bits per heavy atom. The number of nitrogens with one attached hydrogen (secondary N) is 1. The molecule has 94 valence electrons. The SMILES string of the molecule is CCCC1CNCCC1c1ccc(Br)c(Cl)c1. The molecule has 1 heterocycles. The van der Waals surface area contributed by atoms with Crippen LogP contribution < -0.4 is 5.32 Å². The van der Waals surface area contributed by atoms with E-state index in [1.54, 1.807) is 0 Å². The molecule has 3 heteroatoms. The molecule has 1 fully saturated rings. The van der Waals surface area contributed by atoms with Gasteiger partial charge in [0.25, 0.3) is 0 Å². The van der Waals surface area contributed by atoms with E-state index in [0.717, 1.165) is 28.5 Å². The van der Waals surface area contributed by atoms with Crippen molar-refractivity contribution in [3.05, 3.63) is 33.3 Å². The minimum Gasteiger partial charge on any atom is -0.316 e. The Bertz CT molecular complexity index is 378. The molecule has 1 nitrogen and oxygen atoms in total. The second-order valence-corrected chi connectivity index (χ2v) is 6.08. The Morgan fingerprint density at radius 1 is 1.47 bits per heavy atom. The van der Waals surface area contributed by atoms with Crippen LogP contribution in [0.25, 0.3) is 0 Å². The van der Waals surface area contributed by atoms with Gasteiger partial charge in [-0.2, -0.15) is 0 Å². The number of halogens is 2. The van der Waals surface area contributed by atoms with Crippen molar-refractivity contribution in [3.8, 4) is 0 Å². The lowest BCUT2D eigenvalue weighted by Crippen LogP contribution is -2.35. The fourth-order valence-electron chi connectivity index (χ4n) is 2.78. The largest absolute Gasteiger partial charge is 0.316 e. The van der Waals surface area contributed by atoms with Crippen molar-refractivity contribution in [1.29, 1.82) is 0 Å². The molecule has 17 heavy (non-hydrogen) atoms. The lowest BCUT2D eigenvalue weighted by atomic mass is 9.79.